The molecule has 2 rings (SSSR count). The maximum Gasteiger partial charge on any atom is 0.234 e. The lowest BCUT2D eigenvalue weighted by Gasteiger charge is -2.14. The Balaban J connectivity index is 2.11. The fourth-order valence-electron chi connectivity index (χ4n) is 2.39. The molecule has 1 fully saturated rings. The first kappa shape index (κ1) is 14.8. The van der Waals surface area contributed by atoms with Gasteiger partial charge in [-0.1, -0.05) is 15.9 Å². The van der Waals surface area contributed by atoms with E-state index >= 15 is 0 Å². The molecule has 0 radical (unpaired) electrons. The molecule has 0 spiro atoms. The predicted octanol–water partition coefficient (Wildman–Crippen LogP) is 2.56. The van der Waals surface area contributed by atoms with E-state index in [9.17, 15) is 8.42 Å². The zero-order valence-electron chi connectivity index (χ0n) is 11.2. The molecule has 1 atom stereocenters. The highest BCUT2D eigenvalue weighted by Crippen LogP contribution is 2.25. The second-order valence-electron chi connectivity index (χ2n) is 5.10. The van der Waals surface area contributed by atoms with Crippen LogP contribution in [0.5, 0.6) is 0 Å². The molecule has 0 saturated carbocycles. The van der Waals surface area contributed by atoms with Gasteiger partial charge in [-0.15, -0.1) is 0 Å². The van der Waals surface area contributed by atoms with Gasteiger partial charge in [0.15, 0.2) is 0 Å². The van der Waals surface area contributed by atoms with Gasteiger partial charge in [-0.25, -0.2) is 8.42 Å². The normalized spacial score (nSPS) is 19.6. The molecule has 0 aliphatic carbocycles. The van der Waals surface area contributed by atoms with E-state index in [-0.39, 0.29) is 11.8 Å². The van der Waals surface area contributed by atoms with Gasteiger partial charge in [0.2, 0.25) is 10.0 Å². The maximum atomic E-state index is 12.1. The predicted molar refractivity (Wildman–Crippen MR) is 82.1 cm³/mol. The molecule has 0 amide bonds. The molecule has 4 nitrogen and oxygen atoms in total. The van der Waals surface area contributed by atoms with Gasteiger partial charge in [-0.3, -0.25) is 4.72 Å². The maximum absolute atomic E-state index is 12.1. The minimum atomic E-state index is -3.29. The van der Waals surface area contributed by atoms with Gasteiger partial charge < -0.3 is 5.32 Å². The Morgan fingerprint density at radius 1 is 1.37 bits per heavy atom. The monoisotopic (exact) mass is 346 g/mol. The molecule has 106 valence electrons. The van der Waals surface area contributed by atoms with Gasteiger partial charge in [0.1, 0.15) is 0 Å². The van der Waals surface area contributed by atoms with Crippen LogP contribution >= 0.6 is 15.9 Å². The minimum absolute atomic E-state index is 0.0788. The molecule has 1 saturated heterocycles. The van der Waals surface area contributed by atoms with Crippen LogP contribution in [-0.2, 0) is 10.0 Å². The van der Waals surface area contributed by atoms with Crippen LogP contribution in [0.4, 0.5) is 5.69 Å². The van der Waals surface area contributed by atoms with Crippen molar-refractivity contribution < 1.29 is 8.42 Å². The number of aryl methyl sites for hydroxylation is 2. The summed E-state index contributed by atoms with van der Waals surface area (Å²) in [4.78, 5) is 0. The molecular formula is C13H19BrN2O2S. The highest BCUT2D eigenvalue weighted by molar-refractivity contribution is 9.10. The van der Waals surface area contributed by atoms with Crippen molar-refractivity contribution in [2.24, 2.45) is 0 Å². The number of hydrogen-bond acceptors (Lipinski definition) is 3. The zero-order valence-corrected chi connectivity index (χ0v) is 13.6. The standard InChI is InChI=1S/C13H19BrN2O2S/c1-9-6-12(7-10(2)13(9)14)16-19(17,18)8-11-4-3-5-15-11/h6-7,11,15-16H,3-5,8H2,1-2H3. The van der Waals surface area contributed by atoms with Crippen LogP contribution in [0.15, 0.2) is 16.6 Å². The molecule has 0 aromatic heterocycles. The smallest absolute Gasteiger partial charge is 0.234 e. The summed E-state index contributed by atoms with van der Waals surface area (Å²) in [5.74, 6) is 0.140. The van der Waals surface area contributed by atoms with Crippen molar-refractivity contribution in [3.05, 3.63) is 27.7 Å². The molecule has 1 aromatic carbocycles. The Hall–Kier alpha value is -0.590. The second-order valence-corrected chi connectivity index (χ2v) is 7.66. The molecular weight excluding hydrogens is 328 g/mol. The number of anilines is 1. The first-order valence-corrected chi connectivity index (χ1v) is 8.82. The van der Waals surface area contributed by atoms with E-state index in [1.165, 1.54) is 0 Å². The summed E-state index contributed by atoms with van der Waals surface area (Å²) in [6.07, 6.45) is 1.98. The first-order valence-electron chi connectivity index (χ1n) is 6.38. The molecule has 1 heterocycles. The lowest BCUT2D eigenvalue weighted by molar-refractivity contribution is 0.582. The van der Waals surface area contributed by atoms with E-state index < -0.39 is 10.0 Å². The zero-order chi connectivity index (χ0) is 14.0. The van der Waals surface area contributed by atoms with E-state index in [1.54, 1.807) is 0 Å². The average molecular weight is 347 g/mol. The fourth-order valence-corrected chi connectivity index (χ4v) is 3.99. The highest BCUT2D eigenvalue weighted by atomic mass is 79.9. The third-order valence-corrected chi connectivity index (χ3v) is 5.93. The SMILES string of the molecule is Cc1cc(NS(=O)(=O)CC2CCCN2)cc(C)c1Br. The number of hydrogen-bond donors (Lipinski definition) is 2. The van der Waals surface area contributed by atoms with Crippen LogP contribution in [0.2, 0.25) is 0 Å². The van der Waals surface area contributed by atoms with Gasteiger partial charge in [0, 0.05) is 16.2 Å². The van der Waals surface area contributed by atoms with E-state index in [4.69, 9.17) is 0 Å². The third kappa shape index (κ3) is 3.94. The largest absolute Gasteiger partial charge is 0.313 e. The van der Waals surface area contributed by atoms with Gasteiger partial charge in [0.25, 0.3) is 0 Å². The van der Waals surface area contributed by atoms with Crippen LogP contribution in [0.3, 0.4) is 0 Å². The number of sulfonamides is 1. The van der Waals surface area contributed by atoms with Crippen molar-refractivity contribution in [1.82, 2.24) is 5.32 Å². The Morgan fingerprint density at radius 2 is 2.00 bits per heavy atom. The summed E-state index contributed by atoms with van der Waals surface area (Å²) in [5, 5.41) is 3.20. The summed E-state index contributed by atoms with van der Waals surface area (Å²) in [6.45, 7) is 4.82. The molecule has 1 aliphatic heterocycles. The quantitative estimate of drug-likeness (QED) is 0.880. The van der Waals surface area contributed by atoms with Crippen molar-refractivity contribution in [2.75, 3.05) is 17.0 Å². The van der Waals surface area contributed by atoms with Crippen LogP contribution < -0.4 is 10.0 Å². The van der Waals surface area contributed by atoms with Gasteiger partial charge in [-0.2, -0.15) is 0 Å². The van der Waals surface area contributed by atoms with Crippen LogP contribution in [-0.4, -0.2) is 26.8 Å². The molecule has 2 N–H and O–H groups in total. The summed E-state index contributed by atoms with van der Waals surface area (Å²) in [7, 11) is -3.29. The average Bonchev–Trinajstić information content (AvgIpc) is 2.77. The fraction of sp³-hybridized carbons (Fsp3) is 0.538. The van der Waals surface area contributed by atoms with Crippen molar-refractivity contribution in [2.45, 2.75) is 32.7 Å². The molecule has 0 bridgehead atoms. The van der Waals surface area contributed by atoms with Crippen LogP contribution in [0.25, 0.3) is 0 Å². The second kappa shape index (κ2) is 5.81. The van der Waals surface area contributed by atoms with Crippen molar-refractivity contribution in [1.29, 1.82) is 0 Å². The third-order valence-electron chi connectivity index (χ3n) is 3.29. The summed E-state index contributed by atoms with van der Waals surface area (Å²) < 4.78 is 27.9. The summed E-state index contributed by atoms with van der Waals surface area (Å²) >= 11 is 3.48. The van der Waals surface area contributed by atoms with Gasteiger partial charge in [0.05, 0.1) is 5.75 Å². The Bertz CT molecular complexity index is 543. The van der Waals surface area contributed by atoms with E-state index in [0.29, 0.717) is 5.69 Å². The van der Waals surface area contributed by atoms with E-state index in [0.717, 1.165) is 35.0 Å². The number of benzene rings is 1. The van der Waals surface area contributed by atoms with Crippen LogP contribution in [0, 0.1) is 13.8 Å². The van der Waals surface area contributed by atoms with Crippen molar-refractivity contribution in [3.63, 3.8) is 0 Å². The van der Waals surface area contributed by atoms with Crippen molar-refractivity contribution >= 4 is 31.6 Å². The Morgan fingerprint density at radius 3 is 2.53 bits per heavy atom. The molecule has 6 heteroatoms. The molecule has 1 unspecified atom stereocenters. The Kier molecular flexibility index (Phi) is 4.53. The van der Waals surface area contributed by atoms with Crippen LogP contribution in [0.1, 0.15) is 24.0 Å². The minimum Gasteiger partial charge on any atom is -0.313 e. The number of nitrogens with one attached hydrogen (secondary N) is 2. The first-order chi connectivity index (χ1) is 8.87. The lowest BCUT2D eigenvalue weighted by Crippen LogP contribution is -2.32. The number of rotatable bonds is 4. The summed E-state index contributed by atoms with van der Waals surface area (Å²) in [5.41, 5.74) is 2.68. The van der Waals surface area contributed by atoms with E-state index in [2.05, 4.69) is 26.0 Å². The highest BCUT2D eigenvalue weighted by Gasteiger charge is 2.22. The topological polar surface area (TPSA) is 58.2 Å². The molecule has 19 heavy (non-hydrogen) atoms. The Labute approximate surface area is 123 Å². The van der Waals surface area contributed by atoms with Gasteiger partial charge >= 0.3 is 0 Å². The van der Waals surface area contributed by atoms with Crippen molar-refractivity contribution in [3.8, 4) is 0 Å². The summed E-state index contributed by atoms with van der Waals surface area (Å²) in [6, 6.07) is 3.77. The molecule has 1 aliphatic rings. The molecule has 1 aromatic rings. The van der Waals surface area contributed by atoms with E-state index in [1.807, 2.05) is 26.0 Å². The lowest BCUT2D eigenvalue weighted by atomic mass is 10.1. The number of halogens is 1. The van der Waals surface area contributed by atoms with Gasteiger partial charge in [-0.05, 0) is 56.5 Å².